The zero-order valence-electron chi connectivity index (χ0n) is 14.4. The third-order valence-electron chi connectivity index (χ3n) is 4.59. The van der Waals surface area contributed by atoms with E-state index in [1.54, 1.807) is 0 Å². The van der Waals surface area contributed by atoms with Crippen molar-refractivity contribution in [3.63, 3.8) is 0 Å². The molecule has 0 bridgehead atoms. The summed E-state index contributed by atoms with van der Waals surface area (Å²) >= 11 is 1.39. The Morgan fingerprint density at radius 3 is 2.78 bits per heavy atom. The number of ether oxygens (including phenoxy) is 2. The number of aromatic nitrogens is 2. The van der Waals surface area contributed by atoms with E-state index in [0.29, 0.717) is 40.7 Å². The zero-order chi connectivity index (χ0) is 18.2. The van der Waals surface area contributed by atoms with E-state index in [1.165, 1.54) is 23.9 Å². The van der Waals surface area contributed by atoms with Gasteiger partial charge in [0.2, 0.25) is 12.2 Å². The number of fused-ring (bicyclic) bond motifs is 1. The van der Waals surface area contributed by atoms with Crippen LogP contribution in [-0.4, -0.2) is 10.2 Å². The van der Waals surface area contributed by atoms with Crippen LogP contribution in [0.3, 0.4) is 0 Å². The zero-order valence-corrected chi connectivity index (χ0v) is 15.2. The topological polar surface area (TPSA) is 57.4 Å². The number of benzene rings is 2. The molecule has 0 radical (unpaired) electrons. The van der Waals surface area contributed by atoms with E-state index < -0.39 is 6.29 Å². The highest BCUT2D eigenvalue weighted by Crippen LogP contribution is 2.41. The summed E-state index contributed by atoms with van der Waals surface area (Å²) < 4.78 is 31.6. The summed E-state index contributed by atoms with van der Waals surface area (Å²) in [5.74, 6) is 1.96. The summed E-state index contributed by atoms with van der Waals surface area (Å²) in [5, 5.41) is 8.66. The molecule has 2 heterocycles. The van der Waals surface area contributed by atoms with Crippen molar-refractivity contribution in [3.8, 4) is 5.75 Å². The smallest absolute Gasteiger partial charge is 0.276 e. The van der Waals surface area contributed by atoms with Gasteiger partial charge in [0.25, 0.3) is 5.22 Å². The molecule has 1 aliphatic heterocycles. The maximum Gasteiger partial charge on any atom is 0.276 e. The van der Waals surface area contributed by atoms with E-state index in [-0.39, 0.29) is 5.82 Å². The Balaban J connectivity index is 1.37. The predicted molar refractivity (Wildman–Crippen MR) is 96.8 cm³/mol. The number of hydrogen-bond acceptors (Lipinski definition) is 6. The van der Waals surface area contributed by atoms with E-state index in [0.717, 1.165) is 24.0 Å². The van der Waals surface area contributed by atoms with Crippen LogP contribution < -0.4 is 4.74 Å². The first-order valence-electron chi connectivity index (χ1n) is 8.87. The van der Waals surface area contributed by atoms with Gasteiger partial charge in [-0.3, -0.25) is 0 Å². The maximum absolute atomic E-state index is 14.0. The molecule has 5 nitrogen and oxygen atoms in total. The van der Waals surface area contributed by atoms with Gasteiger partial charge in [0.15, 0.2) is 0 Å². The fourth-order valence-corrected chi connectivity index (χ4v) is 3.81. The van der Waals surface area contributed by atoms with Gasteiger partial charge in [-0.25, -0.2) is 4.39 Å². The molecule has 7 heteroatoms. The fourth-order valence-electron chi connectivity index (χ4n) is 3.07. The van der Waals surface area contributed by atoms with E-state index >= 15 is 0 Å². The van der Waals surface area contributed by atoms with E-state index in [4.69, 9.17) is 13.9 Å². The highest BCUT2D eigenvalue weighted by molar-refractivity contribution is 7.98. The van der Waals surface area contributed by atoms with Crippen molar-refractivity contribution in [2.45, 2.75) is 42.6 Å². The minimum absolute atomic E-state index is 0.302. The van der Waals surface area contributed by atoms with Crippen molar-refractivity contribution < 1.29 is 18.3 Å². The van der Waals surface area contributed by atoms with Crippen molar-refractivity contribution >= 4 is 11.8 Å². The molecule has 0 saturated heterocycles. The molecule has 3 aromatic rings. The van der Waals surface area contributed by atoms with Crippen LogP contribution in [0.2, 0.25) is 0 Å². The van der Waals surface area contributed by atoms with Crippen LogP contribution in [-0.2, 0) is 17.1 Å². The summed E-state index contributed by atoms with van der Waals surface area (Å²) in [6.07, 6.45) is 1.72. The SMILES string of the molecule is Fc1cc2c(c(CSc3nnc(C4CC4)o3)c1)O[C@H](c1ccccc1)OC2. The summed E-state index contributed by atoms with van der Waals surface area (Å²) in [6, 6.07) is 12.7. The molecule has 0 N–H and O–H groups in total. The maximum atomic E-state index is 14.0. The van der Waals surface area contributed by atoms with Crippen LogP contribution in [0.1, 0.15) is 47.6 Å². The molecular formula is C20H17FN2O3S. The van der Waals surface area contributed by atoms with Gasteiger partial charge in [-0.1, -0.05) is 42.1 Å². The number of halogens is 1. The average molecular weight is 384 g/mol. The standard InChI is InChI=1S/C20H17FN2O3S/c21-16-8-14-10-24-19(13-4-2-1-3-5-13)25-17(14)15(9-16)11-27-20-23-22-18(26-20)12-6-7-12/h1-5,8-9,12,19H,6-7,10-11H2/t19-/m1/s1. The van der Waals surface area contributed by atoms with Gasteiger partial charge < -0.3 is 13.9 Å². The molecule has 2 aliphatic rings. The number of hydrogen-bond donors (Lipinski definition) is 0. The van der Waals surface area contributed by atoms with Crippen LogP contribution in [0.15, 0.2) is 52.1 Å². The second-order valence-corrected chi connectivity index (χ2v) is 7.62. The van der Waals surface area contributed by atoms with Gasteiger partial charge in [0.1, 0.15) is 11.6 Å². The average Bonchev–Trinajstić information content (AvgIpc) is 3.44. The van der Waals surface area contributed by atoms with Crippen molar-refractivity contribution in [3.05, 3.63) is 70.9 Å². The molecule has 27 heavy (non-hydrogen) atoms. The molecule has 1 saturated carbocycles. The van der Waals surface area contributed by atoms with Crippen LogP contribution in [0.5, 0.6) is 5.75 Å². The molecular weight excluding hydrogens is 367 g/mol. The fraction of sp³-hybridized carbons (Fsp3) is 0.300. The van der Waals surface area contributed by atoms with Crippen molar-refractivity contribution in [1.82, 2.24) is 10.2 Å². The normalized spacial score (nSPS) is 18.8. The number of rotatable bonds is 5. The summed E-state index contributed by atoms with van der Waals surface area (Å²) in [4.78, 5) is 0. The molecule has 0 spiro atoms. The Morgan fingerprint density at radius 1 is 1.11 bits per heavy atom. The molecule has 138 valence electrons. The van der Waals surface area contributed by atoms with Crippen molar-refractivity contribution in [2.24, 2.45) is 0 Å². The first-order valence-corrected chi connectivity index (χ1v) is 9.85. The third-order valence-corrected chi connectivity index (χ3v) is 5.46. The molecule has 2 aromatic carbocycles. The van der Waals surface area contributed by atoms with Gasteiger partial charge in [0.05, 0.1) is 6.61 Å². The van der Waals surface area contributed by atoms with Crippen LogP contribution in [0, 0.1) is 5.82 Å². The molecule has 1 fully saturated rings. The lowest BCUT2D eigenvalue weighted by molar-refractivity contribution is -0.112. The number of nitrogens with zero attached hydrogens (tertiary/aromatic N) is 2. The Hall–Kier alpha value is -2.38. The lowest BCUT2D eigenvalue weighted by Crippen LogP contribution is -2.19. The first kappa shape index (κ1) is 16.8. The number of thioether (sulfide) groups is 1. The largest absolute Gasteiger partial charge is 0.460 e. The van der Waals surface area contributed by atoms with Crippen molar-refractivity contribution in [2.75, 3.05) is 0 Å². The highest BCUT2D eigenvalue weighted by atomic mass is 32.2. The molecule has 1 atom stereocenters. The van der Waals surface area contributed by atoms with Crippen molar-refractivity contribution in [1.29, 1.82) is 0 Å². The summed E-state index contributed by atoms with van der Waals surface area (Å²) in [6.45, 7) is 0.302. The second-order valence-electron chi connectivity index (χ2n) is 6.69. The van der Waals surface area contributed by atoms with Crippen LogP contribution >= 0.6 is 11.8 Å². The minimum Gasteiger partial charge on any atom is -0.460 e. The van der Waals surface area contributed by atoms with Gasteiger partial charge in [-0.15, -0.1) is 10.2 Å². The lowest BCUT2D eigenvalue weighted by atomic mass is 10.1. The highest BCUT2D eigenvalue weighted by Gasteiger charge is 2.30. The van der Waals surface area contributed by atoms with E-state index in [9.17, 15) is 4.39 Å². The summed E-state index contributed by atoms with van der Waals surface area (Å²) in [7, 11) is 0. The molecule has 1 aliphatic carbocycles. The quantitative estimate of drug-likeness (QED) is 0.578. The van der Waals surface area contributed by atoms with Gasteiger partial charge in [-0.05, 0) is 25.0 Å². The Morgan fingerprint density at radius 2 is 1.96 bits per heavy atom. The van der Waals surface area contributed by atoms with Gasteiger partial charge in [0, 0.05) is 28.4 Å². The van der Waals surface area contributed by atoms with Crippen LogP contribution in [0.25, 0.3) is 0 Å². The molecule has 5 rings (SSSR count). The lowest BCUT2D eigenvalue weighted by Gasteiger charge is -2.28. The Labute approximate surface area is 159 Å². The molecule has 0 unspecified atom stereocenters. The van der Waals surface area contributed by atoms with Crippen LogP contribution in [0.4, 0.5) is 4.39 Å². The van der Waals surface area contributed by atoms with E-state index in [1.807, 2.05) is 30.3 Å². The third kappa shape index (κ3) is 3.57. The van der Waals surface area contributed by atoms with Gasteiger partial charge in [-0.2, -0.15) is 0 Å². The Bertz CT molecular complexity index is 959. The second kappa shape index (κ2) is 6.98. The van der Waals surface area contributed by atoms with E-state index in [2.05, 4.69) is 10.2 Å². The minimum atomic E-state index is -0.502. The molecule has 1 aromatic heterocycles. The van der Waals surface area contributed by atoms with Gasteiger partial charge >= 0.3 is 0 Å². The monoisotopic (exact) mass is 384 g/mol. The molecule has 0 amide bonds. The Kier molecular flexibility index (Phi) is 4.33. The predicted octanol–water partition coefficient (Wildman–Crippen LogP) is 4.99. The first-order chi connectivity index (χ1) is 13.3. The summed E-state index contributed by atoms with van der Waals surface area (Å²) in [5.41, 5.74) is 2.39.